The maximum absolute atomic E-state index is 10.2. The van der Waals surface area contributed by atoms with Gasteiger partial charge in [-0.25, -0.2) is 9.97 Å². The van der Waals surface area contributed by atoms with Crippen molar-refractivity contribution in [3.05, 3.63) is 17.0 Å². The van der Waals surface area contributed by atoms with Gasteiger partial charge in [0.2, 0.25) is 0 Å². The van der Waals surface area contributed by atoms with Gasteiger partial charge in [0.15, 0.2) is 0 Å². The molecule has 1 atom stereocenters. The summed E-state index contributed by atoms with van der Waals surface area (Å²) in [5.41, 5.74) is -0.753. The molecule has 0 fully saturated rings. The van der Waals surface area contributed by atoms with Gasteiger partial charge in [-0.2, -0.15) is 0 Å². The van der Waals surface area contributed by atoms with Crippen molar-refractivity contribution in [3.63, 3.8) is 0 Å². The SMILES string of the molecule is CCCc1nc(Cl)cc(NCC(C)(O)CC(C)C)n1. The van der Waals surface area contributed by atoms with Crippen LogP contribution in [0.1, 0.15) is 46.4 Å². The summed E-state index contributed by atoms with van der Waals surface area (Å²) in [6, 6.07) is 1.69. The fourth-order valence-corrected chi connectivity index (χ4v) is 2.32. The first-order valence-electron chi connectivity index (χ1n) is 6.82. The van der Waals surface area contributed by atoms with Gasteiger partial charge < -0.3 is 10.4 Å². The highest BCUT2D eigenvalue weighted by Gasteiger charge is 2.21. The lowest BCUT2D eigenvalue weighted by molar-refractivity contribution is 0.0514. The average Bonchev–Trinajstić information content (AvgIpc) is 2.24. The van der Waals surface area contributed by atoms with Crippen LogP contribution in [0.15, 0.2) is 6.07 Å². The van der Waals surface area contributed by atoms with Crippen molar-refractivity contribution in [2.75, 3.05) is 11.9 Å². The molecule has 108 valence electrons. The highest BCUT2D eigenvalue weighted by Crippen LogP contribution is 2.18. The zero-order valence-electron chi connectivity index (χ0n) is 12.2. The number of nitrogens with one attached hydrogen (secondary N) is 1. The first kappa shape index (κ1) is 16.2. The predicted octanol–water partition coefficient (Wildman–Crippen LogP) is 3.29. The molecule has 2 N–H and O–H groups in total. The van der Waals surface area contributed by atoms with Gasteiger partial charge in [0, 0.05) is 19.0 Å². The fraction of sp³-hybridized carbons (Fsp3) is 0.714. The standard InChI is InChI=1S/C14H24ClN3O/c1-5-6-12-17-11(15)7-13(18-12)16-9-14(4,19)8-10(2)3/h7,10,19H,5-6,8-9H2,1-4H3,(H,16,17,18). The van der Waals surface area contributed by atoms with Crippen LogP contribution in [0.4, 0.5) is 5.82 Å². The van der Waals surface area contributed by atoms with Crippen LogP contribution in [-0.4, -0.2) is 27.2 Å². The van der Waals surface area contributed by atoms with E-state index in [1.807, 2.05) is 6.92 Å². The van der Waals surface area contributed by atoms with E-state index in [2.05, 4.69) is 36.1 Å². The lowest BCUT2D eigenvalue weighted by atomic mass is 9.94. The molecule has 4 nitrogen and oxygen atoms in total. The lowest BCUT2D eigenvalue weighted by Crippen LogP contribution is -2.35. The van der Waals surface area contributed by atoms with E-state index < -0.39 is 5.60 Å². The van der Waals surface area contributed by atoms with E-state index in [4.69, 9.17) is 11.6 Å². The van der Waals surface area contributed by atoms with E-state index in [1.54, 1.807) is 6.07 Å². The number of hydrogen-bond donors (Lipinski definition) is 2. The minimum absolute atomic E-state index is 0.435. The Morgan fingerprint density at radius 3 is 2.68 bits per heavy atom. The number of anilines is 1. The zero-order valence-corrected chi connectivity index (χ0v) is 13.0. The maximum atomic E-state index is 10.2. The third kappa shape index (κ3) is 6.21. The Morgan fingerprint density at radius 1 is 1.42 bits per heavy atom. The molecule has 0 radical (unpaired) electrons. The van der Waals surface area contributed by atoms with Crippen LogP contribution >= 0.6 is 11.6 Å². The Balaban J connectivity index is 2.66. The molecule has 0 spiro atoms. The van der Waals surface area contributed by atoms with Gasteiger partial charge in [-0.15, -0.1) is 0 Å². The molecule has 1 aromatic rings. The van der Waals surface area contributed by atoms with Crippen LogP contribution in [0.5, 0.6) is 0 Å². The number of aliphatic hydroxyl groups is 1. The summed E-state index contributed by atoms with van der Waals surface area (Å²) in [5, 5.41) is 13.8. The van der Waals surface area contributed by atoms with E-state index in [9.17, 15) is 5.11 Å². The number of nitrogens with zero attached hydrogens (tertiary/aromatic N) is 2. The van der Waals surface area contributed by atoms with Crippen molar-refractivity contribution < 1.29 is 5.11 Å². The van der Waals surface area contributed by atoms with E-state index in [0.717, 1.165) is 25.1 Å². The van der Waals surface area contributed by atoms with E-state index in [-0.39, 0.29) is 0 Å². The van der Waals surface area contributed by atoms with Gasteiger partial charge in [0.25, 0.3) is 0 Å². The topological polar surface area (TPSA) is 58.0 Å². The molecule has 0 bridgehead atoms. The molecule has 0 saturated heterocycles. The Hall–Kier alpha value is -0.870. The fourth-order valence-electron chi connectivity index (χ4n) is 2.12. The summed E-state index contributed by atoms with van der Waals surface area (Å²) >= 11 is 5.97. The van der Waals surface area contributed by atoms with Crippen molar-refractivity contribution in [3.8, 4) is 0 Å². The second-order valence-corrected chi connectivity index (χ2v) is 6.08. The first-order chi connectivity index (χ1) is 8.82. The summed E-state index contributed by atoms with van der Waals surface area (Å²) in [6.07, 6.45) is 2.52. The van der Waals surface area contributed by atoms with E-state index in [0.29, 0.717) is 23.4 Å². The summed E-state index contributed by atoms with van der Waals surface area (Å²) in [7, 11) is 0. The largest absolute Gasteiger partial charge is 0.388 e. The summed E-state index contributed by atoms with van der Waals surface area (Å²) in [5.74, 6) is 1.86. The molecule has 0 aliphatic heterocycles. The zero-order chi connectivity index (χ0) is 14.5. The molecule has 0 amide bonds. The molecule has 19 heavy (non-hydrogen) atoms. The average molecular weight is 286 g/mol. The van der Waals surface area contributed by atoms with Crippen LogP contribution in [0, 0.1) is 5.92 Å². The Kier molecular flexibility index (Phi) is 6.01. The molecule has 0 aliphatic carbocycles. The molecular formula is C14H24ClN3O. The first-order valence-corrected chi connectivity index (χ1v) is 7.20. The van der Waals surface area contributed by atoms with Gasteiger partial charge >= 0.3 is 0 Å². The molecule has 0 saturated carbocycles. The third-order valence-corrected chi connectivity index (χ3v) is 2.91. The molecule has 1 unspecified atom stereocenters. The summed E-state index contributed by atoms with van der Waals surface area (Å²) in [4.78, 5) is 8.56. The quantitative estimate of drug-likeness (QED) is 0.755. The van der Waals surface area contributed by atoms with Crippen molar-refractivity contribution in [1.82, 2.24) is 9.97 Å². The van der Waals surface area contributed by atoms with Crippen LogP contribution in [0.2, 0.25) is 5.15 Å². The lowest BCUT2D eigenvalue weighted by Gasteiger charge is -2.25. The molecule has 0 aromatic carbocycles. The molecule has 0 aliphatic rings. The molecule has 1 heterocycles. The van der Waals surface area contributed by atoms with Crippen LogP contribution < -0.4 is 5.32 Å². The van der Waals surface area contributed by atoms with Crippen molar-refractivity contribution >= 4 is 17.4 Å². The van der Waals surface area contributed by atoms with Crippen LogP contribution in [0.25, 0.3) is 0 Å². The van der Waals surface area contributed by atoms with Gasteiger partial charge in [0.05, 0.1) is 5.60 Å². The van der Waals surface area contributed by atoms with E-state index in [1.165, 1.54) is 0 Å². The number of aryl methyl sites for hydroxylation is 1. The van der Waals surface area contributed by atoms with E-state index >= 15 is 0 Å². The molecule has 1 aromatic heterocycles. The Bertz CT molecular complexity index is 408. The number of aromatic nitrogens is 2. The highest BCUT2D eigenvalue weighted by molar-refractivity contribution is 6.29. The van der Waals surface area contributed by atoms with Crippen LogP contribution in [-0.2, 0) is 6.42 Å². The minimum Gasteiger partial charge on any atom is -0.388 e. The van der Waals surface area contributed by atoms with Gasteiger partial charge in [0.1, 0.15) is 16.8 Å². The van der Waals surface area contributed by atoms with Crippen LogP contribution in [0.3, 0.4) is 0 Å². The Labute approximate surface area is 120 Å². The highest BCUT2D eigenvalue weighted by atomic mass is 35.5. The van der Waals surface area contributed by atoms with Gasteiger partial charge in [-0.05, 0) is 25.7 Å². The number of hydrogen-bond acceptors (Lipinski definition) is 4. The minimum atomic E-state index is -0.753. The smallest absolute Gasteiger partial charge is 0.134 e. The van der Waals surface area contributed by atoms with Crippen molar-refractivity contribution in [1.29, 1.82) is 0 Å². The summed E-state index contributed by atoms with van der Waals surface area (Å²) < 4.78 is 0. The van der Waals surface area contributed by atoms with Crippen molar-refractivity contribution in [2.45, 2.75) is 52.6 Å². The van der Waals surface area contributed by atoms with Gasteiger partial charge in [-0.3, -0.25) is 0 Å². The third-order valence-electron chi connectivity index (χ3n) is 2.71. The summed E-state index contributed by atoms with van der Waals surface area (Å²) in [6.45, 7) is 8.54. The van der Waals surface area contributed by atoms with Gasteiger partial charge in [-0.1, -0.05) is 32.4 Å². The molecule has 5 heteroatoms. The number of rotatable bonds is 7. The second-order valence-electron chi connectivity index (χ2n) is 5.69. The monoisotopic (exact) mass is 285 g/mol. The maximum Gasteiger partial charge on any atom is 0.134 e. The number of halogens is 1. The van der Waals surface area contributed by atoms with Crippen molar-refractivity contribution in [2.24, 2.45) is 5.92 Å². The molecule has 1 rings (SSSR count). The predicted molar refractivity (Wildman–Crippen MR) is 79.6 cm³/mol. The molecular weight excluding hydrogens is 262 g/mol. The normalized spacial score (nSPS) is 14.5. The Morgan fingerprint density at radius 2 is 2.11 bits per heavy atom. The second kappa shape index (κ2) is 7.06.